The fourth-order valence-corrected chi connectivity index (χ4v) is 2.42. The minimum Gasteiger partial charge on any atom is -0.480 e. The highest BCUT2D eigenvalue weighted by molar-refractivity contribution is 5.69. The number of rotatable bonds is 7. The van der Waals surface area contributed by atoms with Crippen molar-refractivity contribution in [2.24, 2.45) is 0 Å². The smallest absolute Gasteiger partial charge is 0.317 e. The first-order valence-corrected chi connectivity index (χ1v) is 6.80. The Morgan fingerprint density at radius 1 is 1.37 bits per heavy atom. The maximum absolute atomic E-state index is 10.9. The fourth-order valence-electron chi connectivity index (χ4n) is 2.42. The lowest BCUT2D eigenvalue weighted by Gasteiger charge is -2.23. The maximum atomic E-state index is 10.9. The number of nitrogens with zero attached hydrogens (tertiary/aromatic N) is 3. The van der Waals surface area contributed by atoms with E-state index in [1.54, 1.807) is 6.20 Å². The van der Waals surface area contributed by atoms with Crippen LogP contribution < -0.4 is 0 Å². The minimum absolute atomic E-state index is 0.0738. The number of pyridine rings is 1. The summed E-state index contributed by atoms with van der Waals surface area (Å²) < 4.78 is 0. The van der Waals surface area contributed by atoms with E-state index in [9.17, 15) is 4.79 Å². The van der Waals surface area contributed by atoms with Crippen LogP contribution in [0.2, 0.25) is 0 Å². The van der Waals surface area contributed by atoms with Gasteiger partial charge in [-0.3, -0.25) is 14.7 Å². The van der Waals surface area contributed by atoms with Crippen LogP contribution in [0.15, 0.2) is 24.4 Å². The van der Waals surface area contributed by atoms with Crippen molar-refractivity contribution in [1.29, 1.82) is 0 Å². The van der Waals surface area contributed by atoms with E-state index in [4.69, 9.17) is 5.11 Å². The molecule has 1 aliphatic heterocycles. The van der Waals surface area contributed by atoms with E-state index in [1.807, 2.05) is 23.1 Å². The molecule has 1 fully saturated rings. The van der Waals surface area contributed by atoms with Crippen molar-refractivity contribution in [2.75, 3.05) is 32.7 Å². The third-order valence-corrected chi connectivity index (χ3v) is 3.40. The molecule has 104 valence electrons. The van der Waals surface area contributed by atoms with Gasteiger partial charge < -0.3 is 10.0 Å². The third kappa shape index (κ3) is 4.96. The monoisotopic (exact) mass is 263 g/mol. The largest absolute Gasteiger partial charge is 0.480 e. The van der Waals surface area contributed by atoms with Gasteiger partial charge in [0, 0.05) is 25.8 Å². The molecule has 1 aromatic rings. The number of hydrogen-bond acceptors (Lipinski definition) is 4. The molecular formula is C14H21N3O2. The molecule has 0 aliphatic carbocycles. The summed E-state index contributed by atoms with van der Waals surface area (Å²) in [7, 11) is 0. The van der Waals surface area contributed by atoms with Gasteiger partial charge in [0.25, 0.3) is 0 Å². The molecule has 2 rings (SSSR count). The molecule has 1 aliphatic rings. The second-order valence-corrected chi connectivity index (χ2v) is 4.97. The summed E-state index contributed by atoms with van der Waals surface area (Å²) in [4.78, 5) is 19.5. The molecule has 0 aromatic carbocycles. The van der Waals surface area contributed by atoms with Gasteiger partial charge in [0.05, 0.1) is 12.2 Å². The van der Waals surface area contributed by atoms with E-state index in [2.05, 4.69) is 9.88 Å². The molecule has 0 spiro atoms. The Balaban J connectivity index is 1.85. The molecule has 5 heteroatoms. The number of carboxylic acid groups (broad SMARTS) is 1. The van der Waals surface area contributed by atoms with Gasteiger partial charge in [0.15, 0.2) is 0 Å². The van der Waals surface area contributed by atoms with E-state index in [-0.39, 0.29) is 6.54 Å². The van der Waals surface area contributed by atoms with Crippen LogP contribution in [-0.4, -0.2) is 58.6 Å². The van der Waals surface area contributed by atoms with E-state index >= 15 is 0 Å². The first kappa shape index (κ1) is 14.0. The SMILES string of the molecule is O=C(O)CN(CCN1CCCC1)Cc1ccccn1. The molecule has 0 radical (unpaired) electrons. The van der Waals surface area contributed by atoms with Gasteiger partial charge in [0.1, 0.15) is 0 Å². The quantitative estimate of drug-likeness (QED) is 0.797. The topological polar surface area (TPSA) is 56.7 Å². The Morgan fingerprint density at radius 3 is 2.79 bits per heavy atom. The molecule has 0 saturated carbocycles. The summed E-state index contributed by atoms with van der Waals surface area (Å²) in [6.45, 7) is 4.68. The van der Waals surface area contributed by atoms with Crippen LogP contribution in [0.4, 0.5) is 0 Å². The Kier molecular flexibility index (Phi) is 5.30. The lowest BCUT2D eigenvalue weighted by atomic mass is 10.3. The predicted molar refractivity (Wildman–Crippen MR) is 72.8 cm³/mol. The maximum Gasteiger partial charge on any atom is 0.317 e. The number of carboxylic acids is 1. The molecule has 2 heterocycles. The van der Waals surface area contributed by atoms with Crippen molar-refractivity contribution in [2.45, 2.75) is 19.4 Å². The molecule has 0 amide bonds. The van der Waals surface area contributed by atoms with Gasteiger partial charge in [0.2, 0.25) is 0 Å². The predicted octanol–water partition coefficient (Wildman–Crippen LogP) is 1.06. The van der Waals surface area contributed by atoms with Crippen LogP contribution in [0.25, 0.3) is 0 Å². The van der Waals surface area contributed by atoms with E-state index < -0.39 is 5.97 Å². The van der Waals surface area contributed by atoms with Crippen molar-refractivity contribution in [1.82, 2.24) is 14.8 Å². The Labute approximate surface area is 113 Å². The van der Waals surface area contributed by atoms with Gasteiger partial charge in [-0.1, -0.05) is 6.07 Å². The Hall–Kier alpha value is -1.46. The summed E-state index contributed by atoms with van der Waals surface area (Å²) in [5, 5.41) is 8.98. The highest BCUT2D eigenvalue weighted by atomic mass is 16.4. The minimum atomic E-state index is -0.780. The first-order valence-electron chi connectivity index (χ1n) is 6.80. The number of aromatic nitrogens is 1. The number of carbonyl (C=O) groups is 1. The molecule has 0 bridgehead atoms. The highest BCUT2D eigenvalue weighted by Gasteiger charge is 2.15. The standard InChI is InChI=1S/C14H21N3O2/c18-14(19)12-17(10-9-16-7-3-4-8-16)11-13-5-1-2-6-15-13/h1-2,5-6H,3-4,7-12H2,(H,18,19). The summed E-state index contributed by atoms with van der Waals surface area (Å²) in [5.74, 6) is -0.780. The molecular weight excluding hydrogens is 242 g/mol. The number of hydrogen-bond donors (Lipinski definition) is 1. The van der Waals surface area contributed by atoms with E-state index in [0.717, 1.165) is 31.9 Å². The second-order valence-electron chi connectivity index (χ2n) is 4.97. The average molecular weight is 263 g/mol. The summed E-state index contributed by atoms with van der Waals surface area (Å²) in [5.41, 5.74) is 0.921. The Morgan fingerprint density at radius 2 is 2.16 bits per heavy atom. The zero-order chi connectivity index (χ0) is 13.5. The van der Waals surface area contributed by atoms with Gasteiger partial charge in [-0.25, -0.2) is 0 Å². The van der Waals surface area contributed by atoms with Gasteiger partial charge in [-0.15, -0.1) is 0 Å². The van der Waals surface area contributed by atoms with Crippen molar-refractivity contribution in [3.63, 3.8) is 0 Å². The summed E-state index contributed by atoms with van der Waals surface area (Å²) in [6, 6.07) is 5.74. The molecule has 19 heavy (non-hydrogen) atoms. The van der Waals surface area contributed by atoms with Crippen molar-refractivity contribution >= 4 is 5.97 Å². The van der Waals surface area contributed by atoms with Crippen molar-refractivity contribution in [3.05, 3.63) is 30.1 Å². The van der Waals surface area contributed by atoms with Gasteiger partial charge in [-0.05, 0) is 38.1 Å². The van der Waals surface area contributed by atoms with Crippen LogP contribution >= 0.6 is 0 Å². The average Bonchev–Trinajstić information content (AvgIpc) is 2.90. The molecule has 1 N–H and O–H groups in total. The molecule has 0 unspecified atom stereocenters. The molecule has 0 atom stereocenters. The van der Waals surface area contributed by atoms with Crippen molar-refractivity contribution in [3.8, 4) is 0 Å². The third-order valence-electron chi connectivity index (χ3n) is 3.40. The second kappa shape index (κ2) is 7.21. The zero-order valence-corrected chi connectivity index (χ0v) is 11.2. The molecule has 5 nitrogen and oxygen atoms in total. The number of likely N-dealkylation sites (tertiary alicyclic amines) is 1. The van der Waals surface area contributed by atoms with E-state index in [1.165, 1.54) is 12.8 Å². The lowest BCUT2D eigenvalue weighted by molar-refractivity contribution is -0.138. The Bertz CT molecular complexity index is 391. The van der Waals surface area contributed by atoms with E-state index in [0.29, 0.717) is 6.54 Å². The van der Waals surface area contributed by atoms with Gasteiger partial charge >= 0.3 is 5.97 Å². The van der Waals surface area contributed by atoms with Crippen LogP contribution in [0, 0.1) is 0 Å². The van der Waals surface area contributed by atoms with Crippen molar-refractivity contribution < 1.29 is 9.90 Å². The summed E-state index contributed by atoms with van der Waals surface area (Å²) >= 11 is 0. The first-order chi connectivity index (χ1) is 9.24. The number of aliphatic carboxylic acids is 1. The summed E-state index contributed by atoms with van der Waals surface area (Å²) in [6.07, 6.45) is 4.27. The van der Waals surface area contributed by atoms with Gasteiger partial charge in [-0.2, -0.15) is 0 Å². The normalized spacial score (nSPS) is 16.1. The lowest BCUT2D eigenvalue weighted by Crippen LogP contribution is -2.36. The fraction of sp³-hybridized carbons (Fsp3) is 0.571. The van der Waals surface area contributed by atoms with Crippen LogP contribution in [0.5, 0.6) is 0 Å². The zero-order valence-electron chi connectivity index (χ0n) is 11.2. The van der Waals surface area contributed by atoms with Crippen LogP contribution in [-0.2, 0) is 11.3 Å². The highest BCUT2D eigenvalue weighted by Crippen LogP contribution is 2.08. The van der Waals surface area contributed by atoms with Crippen LogP contribution in [0.1, 0.15) is 18.5 Å². The molecule has 1 aromatic heterocycles. The van der Waals surface area contributed by atoms with Crippen LogP contribution in [0.3, 0.4) is 0 Å². The molecule has 1 saturated heterocycles.